The summed E-state index contributed by atoms with van der Waals surface area (Å²) in [7, 11) is 0. The van der Waals surface area contributed by atoms with E-state index in [0.717, 1.165) is 32.4 Å². The predicted octanol–water partition coefficient (Wildman–Crippen LogP) is 4.49. The number of carbonyl (C=O) groups is 2. The third-order valence-corrected chi connectivity index (χ3v) is 4.39. The van der Waals surface area contributed by atoms with Gasteiger partial charge in [0, 0.05) is 10.2 Å². The van der Waals surface area contributed by atoms with Crippen molar-refractivity contribution in [3.63, 3.8) is 0 Å². The van der Waals surface area contributed by atoms with Gasteiger partial charge in [-0.15, -0.1) is 0 Å². The highest BCUT2D eigenvalue weighted by Gasteiger charge is 2.19. The minimum absolute atomic E-state index is 0.132. The summed E-state index contributed by atoms with van der Waals surface area (Å²) in [5.41, 5.74) is 4.72. The van der Waals surface area contributed by atoms with E-state index in [1.165, 1.54) is 0 Å². The second-order valence-corrected chi connectivity index (χ2v) is 7.11. The molecule has 0 aliphatic carbocycles. The van der Waals surface area contributed by atoms with Gasteiger partial charge in [0.15, 0.2) is 6.10 Å². The van der Waals surface area contributed by atoms with Gasteiger partial charge in [-0.2, -0.15) is 0 Å². The van der Waals surface area contributed by atoms with Gasteiger partial charge in [0.1, 0.15) is 0 Å². The number of rotatable bonds is 5. The molecule has 0 saturated heterocycles. The molecule has 1 N–H and O–H groups in total. The van der Waals surface area contributed by atoms with Crippen LogP contribution in [0, 0.1) is 20.8 Å². The fourth-order valence-electron chi connectivity index (χ4n) is 2.66. The molecule has 0 fully saturated rings. The molecule has 2 aromatic carbocycles. The number of carbonyl (C=O) groups excluding carboxylic acids is 2. The van der Waals surface area contributed by atoms with Crippen molar-refractivity contribution < 1.29 is 14.3 Å². The fourth-order valence-corrected chi connectivity index (χ4v) is 2.93. The van der Waals surface area contributed by atoms with Gasteiger partial charge < -0.3 is 10.1 Å². The van der Waals surface area contributed by atoms with E-state index in [1.807, 2.05) is 57.2 Å². The average molecular weight is 404 g/mol. The van der Waals surface area contributed by atoms with E-state index in [0.29, 0.717) is 0 Å². The molecule has 0 heterocycles. The molecule has 132 valence electrons. The molecule has 0 aliphatic rings. The first-order valence-electron chi connectivity index (χ1n) is 8.09. The molecule has 1 amide bonds. The molecule has 0 aromatic heterocycles. The zero-order chi connectivity index (χ0) is 18.6. The SMILES string of the molecule is Cc1cc(C)c(NC(=O)[C@@H](C)OC(=O)Cc2ccc(Br)cc2)c(C)c1. The Labute approximate surface area is 156 Å². The third-order valence-electron chi connectivity index (χ3n) is 3.86. The fraction of sp³-hybridized carbons (Fsp3) is 0.300. The molecular weight excluding hydrogens is 382 g/mol. The van der Waals surface area contributed by atoms with Crippen molar-refractivity contribution in [1.82, 2.24) is 0 Å². The van der Waals surface area contributed by atoms with Crippen LogP contribution in [0.25, 0.3) is 0 Å². The van der Waals surface area contributed by atoms with E-state index >= 15 is 0 Å². The second kappa shape index (κ2) is 8.30. The van der Waals surface area contributed by atoms with E-state index in [1.54, 1.807) is 6.92 Å². The van der Waals surface area contributed by atoms with Crippen molar-refractivity contribution in [2.45, 2.75) is 40.2 Å². The van der Waals surface area contributed by atoms with Crippen LogP contribution < -0.4 is 5.32 Å². The number of esters is 1. The molecule has 0 bridgehead atoms. The lowest BCUT2D eigenvalue weighted by Crippen LogP contribution is -2.31. The van der Waals surface area contributed by atoms with Crippen molar-refractivity contribution in [1.29, 1.82) is 0 Å². The van der Waals surface area contributed by atoms with Gasteiger partial charge in [-0.05, 0) is 56.5 Å². The van der Waals surface area contributed by atoms with Crippen molar-refractivity contribution in [2.24, 2.45) is 0 Å². The molecule has 0 spiro atoms. The lowest BCUT2D eigenvalue weighted by atomic mass is 10.0. The van der Waals surface area contributed by atoms with E-state index in [9.17, 15) is 9.59 Å². The van der Waals surface area contributed by atoms with Crippen LogP contribution in [0.15, 0.2) is 40.9 Å². The normalized spacial score (nSPS) is 11.7. The van der Waals surface area contributed by atoms with Crippen LogP contribution in [-0.2, 0) is 20.7 Å². The maximum atomic E-state index is 12.3. The molecule has 4 nitrogen and oxygen atoms in total. The van der Waals surface area contributed by atoms with Crippen LogP contribution in [-0.4, -0.2) is 18.0 Å². The molecule has 1 atom stereocenters. The largest absolute Gasteiger partial charge is 0.452 e. The topological polar surface area (TPSA) is 55.4 Å². The molecule has 25 heavy (non-hydrogen) atoms. The van der Waals surface area contributed by atoms with Crippen molar-refractivity contribution in [3.05, 3.63) is 63.1 Å². The van der Waals surface area contributed by atoms with Gasteiger partial charge in [0.2, 0.25) is 0 Å². The number of aryl methyl sites for hydroxylation is 3. The zero-order valence-electron chi connectivity index (χ0n) is 14.9. The summed E-state index contributed by atoms with van der Waals surface area (Å²) in [6, 6.07) is 11.4. The standard InChI is InChI=1S/C20H22BrNO3/c1-12-9-13(2)19(14(3)10-12)22-20(24)15(4)25-18(23)11-16-5-7-17(21)8-6-16/h5-10,15H,11H2,1-4H3,(H,22,24)/t15-/m1/s1. The van der Waals surface area contributed by atoms with Crippen LogP contribution in [0.2, 0.25) is 0 Å². The Hall–Kier alpha value is -2.14. The lowest BCUT2D eigenvalue weighted by molar-refractivity contribution is -0.152. The molecular formula is C20H22BrNO3. The third kappa shape index (κ3) is 5.43. The Morgan fingerprint density at radius 3 is 2.20 bits per heavy atom. The van der Waals surface area contributed by atoms with Gasteiger partial charge in [0.05, 0.1) is 6.42 Å². The highest BCUT2D eigenvalue weighted by atomic mass is 79.9. The quantitative estimate of drug-likeness (QED) is 0.748. The van der Waals surface area contributed by atoms with Gasteiger partial charge in [-0.25, -0.2) is 0 Å². The number of ether oxygens (including phenoxy) is 1. The molecule has 0 radical (unpaired) electrons. The number of benzene rings is 2. The lowest BCUT2D eigenvalue weighted by Gasteiger charge is -2.17. The van der Waals surface area contributed by atoms with E-state index in [4.69, 9.17) is 4.74 Å². The Kier molecular flexibility index (Phi) is 6.37. The summed E-state index contributed by atoms with van der Waals surface area (Å²) in [4.78, 5) is 24.4. The Bertz CT molecular complexity index is 761. The van der Waals surface area contributed by atoms with E-state index < -0.39 is 12.1 Å². The van der Waals surface area contributed by atoms with Crippen LogP contribution in [0.3, 0.4) is 0 Å². The first-order valence-corrected chi connectivity index (χ1v) is 8.88. The summed E-state index contributed by atoms with van der Waals surface area (Å²) >= 11 is 3.35. The predicted molar refractivity (Wildman–Crippen MR) is 103 cm³/mol. The molecule has 0 aliphatic heterocycles. The molecule has 5 heteroatoms. The van der Waals surface area contributed by atoms with Crippen molar-refractivity contribution >= 4 is 33.5 Å². The van der Waals surface area contributed by atoms with E-state index in [-0.39, 0.29) is 12.3 Å². The summed E-state index contributed by atoms with van der Waals surface area (Å²) in [5.74, 6) is -0.762. The molecule has 0 unspecified atom stereocenters. The molecule has 0 saturated carbocycles. The second-order valence-electron chi connectivity index (χ2n) is 6.20. The molecule has 2 rings (SSSR count). The first-order chi connectivity index (χ1) is 11.8. The monoisotopic (exact) mass is 403 g/mol. The number of halogens is 1. The Balaban J connectivity index is 1.96. The number of amides is 1. The van der Waals surface area contributed by atoms with Gasteiger partial charge in [-0.3, -0.25) is 9.59 Å². The molecule has 2 aromatic rings. The smallest absolute Gasteiger partial charge is 0.311 e. The highest BCUT2D eigenvalue weighted by Crippen LogP contribution is 2.22. The van der Waals surface area contributed by atoms with Crippen molar-refractivity contribution in [2.75, 3.05) is 5.32 Å². The summed E-state index contributed by atoms with van der Waals surface area (Å²) in [5, 5.41) is 2.86. The minimum atomic E-state index is -0.858. The highest BCUT2D eigenvalue weighted by molar-refractivity contribution is 9.10. The Morgan fingerprint density at radius 1 is 1.08 bits per heavy atom. The summed E-state index contributed by atoms with van der Waals surface area (Å²) < 4.78 is 6.20. The van der Waals surface area contributed by atoms with Crippen LogP contribution in [0.1, 0.15) is 29.2 Å². The van der Waals surface area contributed by atoms with Crippen LogP contribution >= 0.6 is 15.9 Å². The number of nitrogens with one attached hydrogen (secondary N) is 1. The summed E-state index contributed by atoms with van der Waals surface area (Å²) in [6.07, 6.45) is -0.726. The zero-order valence-corrected chi connectivity index (χ0v) is 16.4. The first kappa shape index (κ1) is 19.2. The number of hydrogen-bond acceptors (Lipinski definition) is 3. The minimum Gasteiger partial charge on any atom is -0.452 e. The van der Waals surface area contributed by atoms with Crippen molar-refractivity contribution in [3.8, 4) is 0 Å². The van der Waals surface area contributed by atoms with Gasteiger partial charge in [0.25, 0.3) is 5.91 Å². The van der Waals surface area contributed by atoms with E-state index in [2.05, 4.69) is 21.2 Å². The van der Waals surface area contributed by atoms with Crippen LogP contribution in [0.5, 0.6) is 0 Å². The van der Waals surface area contributed by atoms with Gasteiger partial charge in [-0.1, -0.05) is 45.8 Å². The average Bonchev–Trinajstić information content (AvgIpc) is 2.52. The number of hydrogen-bond donors (Lipinski definition) is 1. The van der Waals surface area contributed by atoms with Gasteiger partial charge >= 0.3 is 5.97 Å². The van der Waals surface area contributed by atoms with Crippen LogP contribution in [0.4, 0.5) is 5.69 Å². The summed E-state index contributed by atoms with van der Waals surface area (Å²) in [6.45, 7) is 7.48. The maximum absolute atomic E-state index is 12.3. The maximum Gasteiger partial charge on any atom is 0.311 e. The Morgan fingerprint density at radius 2 is 1.64 bits per heavy atom. The number of anilines is 1.